The van der Waals surface area contributed by atoms with Gasteiger partial charge in [0.05, 0.1) is 17.0 Å². The van der Waals surface area contributed by atoms with Gasteiger partial charge in [0.15, 0.2) is 15.6 Å². The van der Waals surface area contributed by atoms with Crippen molar-refractivity contribution in [3.8, 4) is 5.69 Å². The molecule has 1 atom stereocenters. The number of carbonyl (C=O) groups is 1. The number of ketones is 1. The van der Waals surface area contributed by atoms with Crippen LogP contribution in [0.1, 0.15) is 23.2 Å². The number of aromatic nitrogens is 1. The number of carbonyl (C=O) groups excluding carboxylic acids is 1. The maximum absolute atomic E-state index is 13.2. The van der Waals surface area contributed by atoms with Crippen molar-refractivity contribution in [2.75, 3.05) is 11.5 Å². The molecule has 1 fully saturated rings. The van der Waals surface area contributed by atoms with E-state index in [4.69, 9.17) is 0 Å². The average molecular weight is 450 g/mol. The van der Waals surface area contributed by atoms with Gasteiger partial charge in [-0.05, 0) is 58.6 Å². The Kier molecular flexibility index (Phi) is 4.68. The summed E-state index contributed by atoms with van der Waals surface area (Å²) in [4.78, 5) is 12.7. The topological polar surface area (TPSA) is 56.1 Å². The van der Waals surface area contributed by atoms with Crippen LogP contribution in [0.15, 0.2) is 53.1 Å². The lowest BCUT2D eigenvalue weighted by Gasteiger charge is -2.09. The molecule has 0 bridgehead atoms. The summed E-state index contributed by atoms with van der Waals surface area (Å²) in [7, 11) is -2.99. The van der Waals surface area contributed by atoms with Gasteiger partial charge in [-0.1, -0.05) is 12.1 Å². The number of hydrogen-bond acceptors (Lipinski definition) is 3. The van der Waals surface area contributed by atoms with Gasteiger partial charge in [0, 0.05) is 33.7 Å². The fourth-order valence-electron chi connectivity index (χ4n) is 3.59. The summed E-state index contributed by atoms with van der Waals surface area (Å²) in [5.74, 6) is -0.199. The third kappa shape index (κ3) is 3.71. The second-order valence-electron chi connectivity index (χ2n) is 6.95. The highest BCUT2D eigenvalue weighted by Crippen LogP contribution is 2.31. The molecule has 7 heteroatoms. The van der Waals surface area contributed by atoms with Crippen LogP contribution in [-0.4, -0.2) is 30.3 Å². The Hall–Kier alpha value is -1.99. The Morgan fingerprint density at radius 1 is 1.19 bits per heavy atom. The van der Waals surface area contributed by atoms with E-state index in [2.05, 4.69) is 15.9 Å². The quantitative estimate of drug-likeness (QED) is 0.549. The van der Waals surface area contributed by atoms with E-state index < -0.39 is 9.84 Å². The van der Waals surface area contributed by atoms with Crippen molar-refractivity contribution in [2.45, 2.75) is 12.8 Å². The largest absolute Gasteiger partial charge is 0.315 e. The van der Waals surface area contributed by atoms with E-state index in [1.165, 1.54) is 12.1 Å². The Balaban J connectivity index is 1.68. The minimum atomic E-state index is -2.99. The second kappa shape index (κ2) is 6.87. The molecular weight excluding hydrogens is 433 g/mol. The van der Waals surface area contributed by atoms with Crippen LogP contribution < -0.4 is 0 Å². The zero-order valence-electron chi connectivity index (χ0n) is 14.4. The predicted molar refractivity (Wildman–Crippen MR) is 107 cm³/mol. The van der Waals surface area contributed by atoms with Gasteiger partial charge in [-0.3, -0.25) is 4.79 Å². The van der Waals surface area contributed by atoms with Crippen molar-refractivity contribution < 1.29 is 17.6 Å². The molecule has 1 aliphatic rings. The molecule has 4 nitrogen and oxygen atoms in total. The van der Waals surface area contributed by atoms with Gasteiger partial charge in [0.1, 0.15) is 5.82 Å². The molecule has 2 heterocycles. The summed E-state index contributed by atoms with van der Waals surface area (Å²) >= 11 is 3.53. The molecule has 1 saturated heterocycles. The molecular formula is C20H17BrFNO3S. The van der Waals surface area contributed by atoms with Crippen LogP contribution in [0.2, 0.25) is 0 Å². The molecule has 0 spiro atoms. The first kappa shape index (κ1) is 18.4. The minimum Gasteiger partial charge on any atom is -0.315 e. The third-order valence-corrected chi connectivity index (χ3v) is 7.45. The molecule has 140 valence electrons. The smallest absolute Gasteiger partial charge is 0.163 e. The maximum Gasteiger partial charge on any atom is 0.163 e. The number of benzene rings is 2. The highest BCUT2D eigenvalue weighted by atomic mass is 79.9. The minimum absolute atomic E-state index is 0.0537. The second-order valence-corrected chi connectivity index (χ2v) is 10.0. The Morgan fingerprint density at radius 3 is 2.59 bits per heavy atom. The summed E-state index contributed by atoms with van der Waals surface area (Å²) in [5.41, 5.74) is 2.18. The molecule has 27 heavy (non-hydrogen) atoms. The van der Waals surface area contributed by atoms with Gasteiger partial charge in [-0.25, -0.2) is 12.8 Å². The van der Waals surface area contributed by atoms with E-state index in [0.29, 0.717) is 12.0 Å². The number of Topliss-reactive ketones (excluding diaryl/α,β-unsaturated/α-hetero) is 1. The van der Waals surface area contributed by atoms with E-state index in [0.717, 1.165) is 21.1 Å². The highest BCUT2D eigenvalue weighted by Gasteiger charge is 2.29. The number of rotatable bonds is 4. The molecule has 0 aliphatic carbocycles. The Bertz CT molecular complexity index is 1140. The summed E-state index contributed by atoms with van der Waals surface area (Å²) in [6.45, 7) is 0. The van der Waals surface area contributed by atoms with Gasteiger partial charge in [0.25, 0.3) is 0 Å². The number of sulfone groups is 1. The molecule has 1 unspecified atom stereocenters. The third-order valence-electron chi connectivity index (χ3n) is 4.98. The van der Waals surface area contributed by atoms with E-state index in [1.54, 1.807) is 18.2 Å². The van der Waals surface area contributed by atoms with Gasteiger partial charge in [0.2, 0.25) is 0 Å². The molecule has 2 aromatic carbocycles. The normalized spacial score (nSPS) is 18.8. The lowest BCUT2D eigenvalue weighted by atomic mass is 9.97. The summed E-state index contributed by atoms with van der Waals surface area (Å²) in [6.07, 6.45) is 2.67. The monoisotopic (exact) mass is 449 g/mol. The van der Waals surface area contributed by atoms with Crippen LogP contribution in [0.25, 0.3) is 16.6 Å². The summed E-state index contributed by atoms with van der Waals surface area (Å²) < 4.78 is 39.2. The zero-order chi connectivity index (χ0) is 19.2. The highest BCUT2D eigenvalue weighted by molar-refractivity contribution is 9.10. The first-order valence-electron chi connectivity index (χ1n) is 8.62. The zero-order valence-corrected chi connectivity index (χ0v) is 16.8. The molecule has 0 saturated carbocycles. The molecule has 1 aliphatic heterocycles. The molecule has 1 aromatic heterocycles. The van der Waals surface area contributed by atoms with Crippen LogP contribution in [0.3, 0.4) is 0 Å². The fraction of sp³-hybridized carbons (Fsp3) is 0.250. The lowest BCUT2D eigenvalue weighted by Crippen LogP contribution is -2.10. The van der Waals surface area contributed by atoms with Crippen molar-refractivity contribution in [1.29, 1.82) is 0 Å². The molecule has 0 radical (unpaired) electrons. The van der Waals surface area contributed by atoms with Crippen LogP contribution in [0.4, 0.5) is 4.39 Å². The van der Waals surface area contributed by atoms with Crippen molar-refractivity contribution in [2.24, 2.45) is 5.92 Å². The van der Waals surface area contributed by atoms with E-state index >= 15 is 0 Å². The van der Waals surface area contributed by atoms with Gasteiger partial charge in [-0.15, -0.1) is 0 Å². The maximum atomic E-state index is 13.2. The molecule has 4 rings (SSSR count). The van der Waals surface area contributed by atoms with Gasteiger partial charge in [-0.2, -0.15) is 0 Å². The van der Waals surface area contributed by atoms with Crippen molar-refractivity contribution in [1.82, 2.24) is 4.57 Å². The number of fused-ring (bicyclic) bond motifs is 1. The Morgan fingerprint density at radius 2 is 1.93 bits per heavy atom. The van der Waals surface area contributed by atoms with Crippen molar-refractivity contribution in [3.05, 3.63) is 64.5 Å². The number of hydrogen-bond donors (Lipinski definition) is 0. The number of halogens is 2. The number of nitrogens with zero attached hydrogens (tertiary/aromatic N) is 1. The van der Waals surface area contributed by atoms with E-state index in [-0.39, 0.29) is 35.4 Å². The van der Waals surface area contributed by atoms with Crippen LogP contribution in [-0.2, 0) is 9.84 Å². The van der Waals surface area contributed by atoms with Crippen LogP contribution >= 0.6 is 15.9 Å². The Labute approximate surface area is 165 Å². The van der Waals surface area contributed by atoms with Crippen LogP contribution in [0.5, 0.6) is 0 Å². The summed E-state index contributed by atoms with van der Waals surface area (Å²) in [6, 6.07) is 11.6. The first-order chi connectivity index (χ1) is 12.8. The van der Waals surface area contributed by atoms with E-state index in [1.807, 2.05) is 22.9 Å². The fourth-order valence-corrected chi connectivity index (χ4v) is 5.99. The van der Waals surface area contributed by atoms with Crippen LogP contribution in [0, 0.1) is 11.7 Å². The van der Waals surface area contributed by atoms with Crippen molar-refractivity contribution in [3.63, 3.8) is 0 Å². The van der Waals surface area contributed by atoms with E-state index in [9.17, 15) is 17.6 Å². The predicted octanol–water partition coefficient (Wildman–Crippen LogP) is 4.54. The average Bonchev–Trinajstić information content (AvgIpc) is 3.14. The molecule has 3 aromatic rings. The van der Waals surface area contributed by atoms with Crippen molar-refractivity contribution >= 4 is 42.5 Å². The SMILES string of the molecule is O=C(CC1CCS(=O)(=O)C1)c1ccc2c(Br)cn(-c3ccc(F)cc3)c2c1. The van der Waals surface area contributed by atoms with Gasteiger partial charge >= 0.3 is 0 Å². The standard InChI is InChI=1S/C20H17BrFNO3S/c21-18-11-23(16-4-2-15(22)3-5-16)19-10-14(1-6-17(18)19)20(24)9-13-7-8-27(25,26)12-13/h1-6,10-11,13H,7-9,12H2. The lowest BCUT2D eigenvalue weighted by molar-refractivity contribution is 0.0966. The molecule has 0 N–H and O–H groups in total. The molecule has 0 amide bonds. The van der Waals surface area contributed by atoms with Gasteiger partial charge < -0.3 is 4.57 Å². The first-order valence-corrected chi connectivity index (χ1v) is 11.2. The summed E-state index contributed by atoms with van der Waals surface area (Å²) in [5, 5.41) is 0.944.